The lowest BCUT2D eigenvalue weighted by Gasteiger charge is -2.03. The summed E-state index contributed by atoms with van der Waals surface area (Å²) in [4.78, 5) is 15.8. The Morgan fingerprint density at radius 2 is 2.21 bits per heavy atom. The standard InChI is InChI=1S/C13H13FN4O/c14-9-3-1-8(2-4-9)10-5-11(10)13(19)15-6-12-16-7-17-18-12/h1-4,7,10-11H,5-6H2,(H,15,19)(H,16,17,18)/t10-,11+/m0/s1. The molecule has 2 aromatic rings. The van der Waals surface area contributed by atoms with Gasteiger partial charge >= 0.3 is 0 Å². The highest BCUT2D eigenvalue weighted by Gasteiger charge is 2.43. The molecule has 1 aliphatic carbocycles. The van der Waals surface area contributed by atoms with Crippen LogP contribution in [-0.4, -0.2) is 21.1 Å². The van der Waals surface area contributed by atoms with Crippen LogP contribution in [0.1, 0.15) is 23.7 Å². The number of carbonyl (C=O) groups is 1. The minimum absolute atomic E-state index is 0.00530. The van der Waals surface area contributed by atoms with Crippen LogP contribution in [0, 0.1) is 11.7 Å². The lowest BCUT2D eigenvalue weighted by Crippen LogP contribution is -2.25. The van der Waals surface area contributed by atoms with Crippen LogP contribution in [0.25, 0.3) is 0 Å². The average Bonchev–Trinajstić information content (AvgIpc) is 3.05. The Hall–Kier alpha value is -2.24. The smallest absolute Gasteiger partial charge is 0.224 e. The van der Waals surface area contributed by atoms with E-state index in [0.29, 0.717) is 12.4 Å². The van der Waals surface area contributed by atoms with Gasteiger partial charge < -0.3 is 5.32 Å². The number of nitrogens with zero attached hydrogens (tertiary/aromatic N) is 2. The zero-order chi connectivity index (χ0) is 13.2. The molecule has 2 atom stereocenters. The van der Waals surface area contributed by atoms with Gasteiger partial charge in [-0.25, -0.2) is 9.37 Å². The number of aromatic nitrogens is 3. The summed E-state index contributed by atoms with van der Waals surface area (Å²) in [5, 5.41) is 9.20. The van der Waals surface area contributed by atoms with E-state index >= 15 is 0 Å². The Morgan fingerprint density at radius 3 is 2.89 bits per heavy atom. The Labute approximate surface area is 109 Å². The number of H-pyrrole nitrogens is 1. The molecule has 0 spiro atoms. The quantitative estimate of drug-likeness (QED) is 0.872. The molecule has 0 saturated heterocycles. The van der Waals surface area contributed by atoms with Crippen molar-refractivity contribution in [3.8, 4) is 0 Å². The van der Waals surface area contributed by atoms with E-state index in [0.717, 1.165) is 12.0 Å². The molecule has 0 aliphatic heterocycles. The van der Waals surface area contributed by atoms with Crippen molar-refractivity contribution in [2.45, 2.75) is 18.9 Å². The van der Waals surface area contributed by atoms with Crippen molar-refractivity contribution < 1.29 is 9.18 Å². The van der Waals surface area contributed by atoms with Crippen LogP contribution >= 0.6 is 0 Å². The molecule has 2 N–H and O–H groups in total. The fourth-order valence-electron chi connectivity index (χ4n) is 2.18. The van der Waals surface area contributed by atoms with Gasteiger partial charge in [-0.3, -0.25) is 9.89 Å². The van der Waals surface area contributed by atoms with E-state index in [2.05, 4.69) is 20.5 Å². The normalized spacial score (nSPS) is 21.1. The molecular weight excluding hydrogens is 247 g/mol. The molecular formula is C13H13FN4O. The van der Waals surface area contributed by atoms with E-state index in [1.54, 1.807) is 12.1 Å². The number of nitrogens with one attached hydrogen (secondary N) is 2. The molecule has 1 saturated carbocycles. The molecule has 0 bridgehead atoms. The van der Waals surface area contributed by atoms with Crippen LogP contribution < -0.4 is 5.32 Å². The topological polar surface area (TPSA) is 70.7 Å². The van der Waals surface area contributed by atoms with Crippen molar-refractivity contribution in [1.82, 2.24) is 20.5 Å². The molecule has 0 radical (unpaired) electrons. The van der Waals surface area contributed by atoms with Gasteiger partial charge in [-0.05, 0) is 30.0 Å². The van der Waals surface area contributed by atoms with Crippen molar-refractivity contribution in [3.63, 3.8) is 0 Å². The lowest BCUT2D eigenvalue weighted by atomic mass is 10.1. The number of rotatable bonds is 4. The molecule has 1 fully saturated rings. The molecule has 19 heavy (non-hydrogen) atoms. The van der Waals surface area contributed by atoms with Crippen molar-refractivity contribution in [3.05, 3.63) is 47.8 Å². The van der Waals surface area contributed by atoms with E-state index in [-0.39, 0.29) is 23.6 Å². The maximum Gasteiger partial charge on any atom is 0.224 e. The van der Waals surface area contributed by atoms with E-state index < -0.39 is 0 Å². The predicted octanol–water partition coefficient (Wildman–Crippen LogP) is 1.36. The predicted molar refractivity (Wildman–Crippen MR) is 65.5 cm³/mol. The third-order valence-electron chi connectivity index (χ3n) is 3.32. The summed E-state index contributed by atoms with van der Waals surface area (Å²) in [6.45, 7) is 0.353. The molecule has 1 aromatic carbocycles. The van der Waals surface area contributed by atoms with E-state index in [4.69, 9.17) is 0 Å². The first kappa shape index (κ1) is 11.8. The van der Waals surface area contributed by atoms with Crippen molar-refractivity contribution in [2.75, 3.05) is 0 Å². The second kappa shape index (κ2) is 4.79. The maximum absolute atomic E-state index is 12.8. The molecule has 1 aliphatic rings. The minimum Gasteiger partial charge on any atom is -0.349 e. The SMILES string of the molecule is O=C(NCc1ncn[nH]1)[C@@H]1C[C@H]1c1ccc(F)cc1. The van der Waals surface area contributed by atoms with Gasteiger partial charge in [-0.15, -0.1) is 0 Å². The minimum atomic E-state index is -0.254. The molecule has 0 unspecified atom stereocenters. The summed E-state index contributed by atoms with van der Waals surface area (Å²) in [6, 6.07) is 6.34. The highest BCUT2D eigenvalue weighted by Crippen LogP contribution is 2.47. The third kappa shape index (κ3) is 2.62. The number of amides is 1. The molecule has 6 heteroatoms. The van der Waals surface area contributed by atoms with Gasteiger partial charge in [0.25, 0.3) is 0 Å². The number of aromatic amines is 1. The van der Waals surface area contributed by atoms with Gasteiger partial charge in [0.05, 0.1) is 6.54 Å². The van der Waals surface area contributed by atoms with Crippen LogP contribution in [-0.2, 0) is 11.3 Å². The number of halogens is 1. The number of carbonyl (C=O) groups excluding carboxylic acids is 1. The van der Waals surface area contributed by atoms with Crippen LogP contribution in [0.15, 0.2) is 30.6 Å². The summed E-state index contributed by atoms with van der Waals surface area (Å²) in [5.74, 6) is 0.567. The van der Waals surface area contributed by atoms with Gasteiger partial charge in [-0.2, -0.15) is 5.10 Å². The average molecular weight is 260 g/mol. The second-order valence-corrected chi connectivity index (χ2v) is 4.65. The fraction of sp³-hybridized carbons (Fsp3) is 0.308. The summed E-state index contributed by atoms with van der Waals surface area (Å²) in [6.07, 6.45) is 2.22. The highest BCUT2D eigenvalue weighted by atomic mass is 19.1. The lowest BCUT2D eigenvalue weighted by molar-refractivity contribution is -0.122. The first-order valence-electron chi connectivity index (χ1n) is 6.11. The third-order valence-corrected chi connectivity index (χ3v) is 3.32. The number of hydrogen-bond acceptors (Lipinski definition) is 3. The van der Waals surface area contributed by atoms with Crippen LogP contribution in [0.2, 0.25) is 0 Å². The van der Waals surface area contributed by atoms with Crippen LogP contribution in [0.5, 0.6) is 0 Å². The first-order chi connectivity index (χ1) is 9.24. The zero-order valence-electron chi connectivity index (χ0n) is 10.1. The van der Waals surface area contributed by atoms with Crippen LogP contribution in [0.4, 0.5) is 4.39 Å². The monoisotopic (exact) mass is 260 g/mol. The van der Waals surface area contributed by atoms with Gasteiger partial charge in [0.15, 0.2) is 0 Å². The van der Waals surface area contributed by atoms with E-state index in [9.17, 15) is 9.18 Å². The Kier molecular flexibility index (Phi) is 2.98. The van der Waals surface area contributed by atoms with E-state index in [1.165, 1.54) is 18.5 Å². The summed E-state index contributed by atoms with van der Waals surface area (Å²) >= 11 is 0. The molecule has 3 rings (SSSR count). The molecule has 1 heterocycles. The number of hydrogen-bond donors (Lipinski definition) is 2. The Bertz CT molecular complexity index is 567. The van der Waals surface area contributed by atoms with E-state index in [1.807, 2.05) is 0 Å². The first-order valence-corrected chi connectivity index (χ1v) is 6.11. The maximum atomic E-state index is 12.8. The van der Waals surface area contributed by atoms with Gasteiger partial charge in [0.2, 0.25) is 5.91 Å². The fourth-order valence-corrected chi connectivity index (χ4v) is 2.18. The second-order valence-electron chi connectivity index (χ2n) is 4.65. The van der Waals surface area contributed by atoms with Crippen molar-refractivity contribution in [2.24, 2.45) is 5.92 Å². The van der Waals surface area contributed by atoms with Crippen molar-refractivity contribution >= 4 is 5.91 Å². The summed E-state index contributed by atoms with van der Waals surface area (Å²) in [7, 11) is 0. The number of benzene rings is 1. The molecule has 1 aromatic heterocycles. The highest BCUT2D eigenvalue weighted by molar-refractivity contribution is 5.82. The molecule has 1 amide bonds. The van der Waals surface area contributed by atoms with Crippen LogP contribution in [0.3, 0.4) is 0 Å². The summed E-state index contributed by atoms with van der Waals surface area (Å²) < 4.78 is 12.8. The van der Waals surface area contributed by atoms with Gasteiger partial charge in [0.1, 0.15) is 18.0 Å². The van der Waals surface area contributed by atoms with Gasteiger partial charge in [0, 0.05) is 5.92 Å². The zero-order valence-corrected chi connectivity index (χ0v) is 10.1. The Balaban J connectivity index is 1.54. The molecule has 98 valence electrons. The Morgan fingerprint density at radius 1 is 1.42 bits per heavy atom. The largest absolute Gasteiger partial charge is 0.349 e. The summed E-state index contributed by atoms with van der Waals surface area (Å²) in [5.41, 5.74) is 1.02. The molecule has 5 nitrogen and oxygen atoms in total. The van der Waals surface area contributed by atoms with Gasteiger partial charge in [-0.1, -0.05) is 12.1 Å². The van der Waals surface area contributed by atoms with Crippen molar-refractivity contribution in [1.29, 1.82) is 0 Å².